The Hall–Kier alpha value is -1.91. The molecule has 2 aromatic rings. The van der Waals surface area contributed by atoms with Crippen molar-refractivity contribution < 1.29 is 9.53 Å². The minimum Gasteiger partial charge on any atom is -0.462 e. The monoisotopic (exact) mass is 247 g/mol. The van der Waals surface area contributed by atoms with Crippen molar-refractivity contribution in [1.82, 2.24) is 14.8 Å². The van der Waals surface area contributed by atoms with Gasteiger partial charge in [-0.2, -0.15) is 5.10 Å². The van der Waals surface area contributed by atoms with Gasteiger partial charge < -0.3 is 4.74 Å². The van der Waals surface area contributed by atoms with Crippen molar-refractivity contribution in [2.75, 3.05) is 6.61 Å². The Labute approximate surface area is 106 Å². The van der Waals surface area contributed by atoms with E-state index in [0.717, 1.165) is 11.0 Å². The van der Waals surface area contributed by atoms with Gasteiger partial charge in [0.05, 0.1) is 24.1 Å². The van der Waals surface area contributed by atoms with Gasteiger partial charge in [-0.1, -0.05) is 0 Å². The molecular weight excluding hydrogens is 230 g/mol. The first-order valence-corrected chi connectivity index (χ1v) is 6.06. The van der Waals surface area contributed by atoms with Crippen LogP contribution in [0.5, 0.6) is 0 Å². The van der Waals surface area contributed by atoms with Crippen molar-refractivity contribution in [3.63, 3.8) is 0 Å². The van der Waals surface area contributed by atoms with Crippen molar-refractivity contribution >= 4 is 17.0 Å². The van der Waals surface area contributed by atoms with Crippen LogP contribution < -0.4 is 0 Å². The van der Waals surface area contributed by atoms with Crippen molar-refractivity contribution in [1.29, 1.82) is 0 Å². The lowest BCUT2D eigenvalue weighted by molar-refractivity contribution is 0.0525. The van der Waals surface area contributed by atoms with Crippen LogP contribution >= 0.6 is 0 Å². The molecule has 5 heteroatoms. The standard InChI is InChI=1S/C13H17N3O2/c1-5-18-13(17)11-6-10-7-14-16(8(2)3)12(10)15-9(11)4/h6-8H,5H2,1-4H3. The molecule has 2 rings (SSSR count). The Bertz CT molecular complexity index is 587. The highest BCUT2D eigenvalue weighted by Crippen LogP contribution is 2.19. The van der Waals surface area contributed by atoms with Gasteiger partial charge in [-0.3, -0.25) is 0 Å². The van der Waals surface area contributed by atoms with Crippen LogP contribution in [-0.4, -0.2) is 27.3 Å². The summed E-state index contributed by atoms with van der Waals surface area (Å²) in [6.07, 6.45) is 1.73. The molecule has 0 bridgehead atoms. The quantitative estimate of drug-likeness (QED) is 0.782. The van der Waals surface area contributed by atoms with Crippen molar-refractivity contribution in [2.45, 2.75) is 33.7 Å². The van der Waals surface area contributed by atoms with E-state index in [1.807, 2.05) is 25.5 Å². The normalized spacial score (nSPS) is 11.2. The van der Waals surface area contributed by atoms with E-state index in [1.165, 1.54) is 0 Å². The number of rotatable bonds is 3. The minimum absolute atomic E-state index is 0.239. The fourth-order valence-electron chi connectivity index (χ4n) is 1.86. The van der Waals surface area contributed by atoms with E-state index in [0.29, 0.717) is 17.9 Å². The summed E-state index contributed by atoms with van der Waals surface area (Å²) < 4.78 is 6.85. The molecule has 0 aromatic carbocycles. The van der Waals surface area contributed by atoms with E-state index in [-0.39, 0.29) is 12.0 Å². The second kappa shape index (κ2) is 4.76. The van der Waals surface area contributed by atoms with Crippen LogP contribution in [0.2, 0.25) is 0 Å². The lowest BCUT2D eigenvalue weighted by Gasteiger charge is -2.08. The van der Waals surface area contributed by atoms with Gasteiger partial charge >= 0.3 is 5.97 Å². The Balaban J connectivity index is 2.54. The van der Waals surface area contributed by atoms with Crippen molar-refractivity contribution in [3.8, 4) is 0 Å². The van der Waals surface area contributed by atoms with Gasteiger partial charge in [0.1, 0.15) is 0 Å². The number of esters is 1. The summed E-state index contributed by atoms with van der Waals surface area (Å²) >= 11 is 0. The molecule has 2 aromatic heterocycles. The van der Waals surface area contributed by atoms with E-state index in [1.54, 1.807) is 19.2 Å². The zero-order valence-electron chi connectivity index (χ0n) is 11.1. The van der Waals surface area contributed by atoms with E-state index in [4.69, 9.17) is 4.74 Å². The third kappa shape index (κ3) is 2.08. The first-order chi connectivity index (χ1) is 8.54. The van der Waals surface area contributed by atoms with Crippen molar-refractivity contribution in [2.24, 2.45) is 0 Å². The number of fused-ring (bicyclic) bond motifs is 1. The van der Waals surface area contributed by atoms with Crippen molar-refractivity contribution in [3.05, 3.63) is 23.5 Å². The van der Waals surface area contributed by atoms with Crippen LogP contribution in [-0.2, 0) is 4.74 Å². The van der Waals surface area contributed by atoms with E-state index in [9.17, 15) is 4.79 Å². The molecule has 0 aliphatic carbocycles. The summed E-state index contributed by atoms with van der Waals surface area (Å²) in [5, 5.41) is 5.14. The Kier molecular flexibility index (Phi) is 3.32. The molecule has 0 radical (unpaired) electrons. The van der Waals surface area contributed by atoms with Crippen LogP contribution in [0, 0.1) is 6.92 Å². The molecule has 0 spiro atoms. The third-order valence-corrected chi connectivity index (χ3v) is 2.74. The second-order valence-electron chi connectivity index (χ2n) is 4.44. The van der Waals surface area contributed by atoms with Gasteiger partial charge in [0.25, 0.3) is 0 Å². The van der Waals surface area contributed by atoms with Gasteiger partial charge in [0.2, 0.25) is 0 Å². The maximum absolute atomic E-state index is 11.8. The molecule has 0 saturated carbocycles. The highest BCUT2D eigenvalue weighted by Gasteiger charge is 2.15. The Morgan fingerprint density at radius 2 is 2.22 bits per heavy atom. The van der Waals surface area contributed by atoms with Gasteiger partial charge in [-0.15, -0.1) is 0 Å². The summed E-state index contributed by atoms with van der Waals surface area (Å²) in [7, 11) is 0. The largest absolute Gasteiger partial charge is 0.462 e. The number of ether oxygens (including phenoxy) is 1. The van der Waals surface area contributed by atoms with E-state index in [2.05, 4.69) is 10.1 Å². The number of aromatic nitrogens is 3. The van der Waals surface area contributed by atoms with Crippen LogP contribution in [0.25, 0.3) is 11.0 Å². The molecule has 0 atom stereocenters. The Morgan fingerprint density at radius 3 is 2.83 bits per heavy atom. The summed E-state index contributed by atoms with van der Waals surface area (Å²) in [5.74, 6) is -0.332. The van der Waals surface area contributed by atoms with Crippen LogP contribution in [0.4, 0.5) is 0 Å². The van der Waals surface area contributed by atoms with Gasteiger partial charge in [-0.25, -0.2) is 14.5 Å². The second-order valence-corrected chi connectivity index (χ2v) is 4.44. The van der Waals surface area contributed by atoms with E-state index < -0.39 is 0 Å². The van der Waals surface area contributed by atoms with Crippen LogP contribution in [0.3, 0.4) is 0 Å². The summed E-state index contributed by atoms with van der Waals surface area (Å²) in [6, 6.07) is 2.03. The topological polar surface area (TPSA) is 57.0 Å². The minimum atomic E-state index is -0.332. The highest BCUT2D eigenvalue weighted by atomic mass is 16.5. The average Bonchev–Trinajstić information content (AvgIpc) is 2.70. The number of carbonyl (C=O) groups excluding carboxylic acids is 1. The number of carbonyl (C=O) groups is 1. The average molecular weight is 247 g/mol. The maximum atomic E-state index is 11.8. The predicted octanol–water partition coefficient (Wildman–Crippen LogP) is 2.50. The molecular formula is C13H17N3O2. The Morgan fingerprint density at radius 1 is 1.50 bits per heavy atom. The number of pyridine rings is 1. The molecule has 0 aliphatic rings. The lowest BCUT2D eigenvalue weighted by atomic mass is 10.2. The van der Waals surface area contributed by atoms with Gasteiger partial charge in [-0.05, 0) is 33.8 Å². The predicted molar refractivity (Wildman–Crippen MR) is 68.6 cm³/mol. The van der Waals surface area contributed by atoms with Crippen LogP contribution in [0.15, 0.2) is 12.3 Å². The number of hydrogen-bond donors (Lipinski definition) is 0. The first-order valence-electron chi connectivity index (χ1n) is 6.06. The molecule has 0 saturated heterocycles. The van der Waals surface area contributed by atoms with E-state index >= 15 is 0 Å². The van der Waals surface area contributed by atoms with Gasteiger partial charge in [0.15, 0.2) is 5.65 Å². The lowest BCUT2D eigenvalue weighted by Crippen LogP contribution is -2.09. The molecule has 2 heterocycles. The molecule has 0 aliphatic heterocycles. The summed E-state index contributed by atoms with van der Waals surface area (Å²) in [5.41, 5.74) is 1.98. The number of hydrogen-bond acceptors (Lipinski definition) is 4. The molecule has 0 fully saturated rings. The fourth-order valence-corrected chi connectivity index (χ4v) is 1.86. The zero-order chi connectivity index (χ0) is 13.3. The molecule has 18 heavy (non-hydrogen) atoms. The summed E-state index contributed by atoms with van der Waals surface area (Å²) in [4.78, 5) is 16.2. The molecule has 5 nitrogen and oxygen atoms in total. The zero-order valence-corrected chi connectivity index (χ0v) is 11.1. The SMILES string of the molecule is CCOC(=O)c1cc2cnn(C(C)C)c2nc1C. The fraction of sp³-hybridized carbons (Fsp3) is 0.462. The molecule has 96 valence electrons. The number of nitrogens with zero attached hydrogens (tertiary/aromatic N) is 3. The summed E-state index contributed by atoms with van der Waals surface area (Å²) in [6.45, 7) is 8.05. The molecule has 0 amide bonds. The first kappa shape index (κ1) is 12.5. The van der Waals surface area contributed by atoms with Crippen LogP contribution in [0.1, 0.15) is 42.9 Å². The molecule has 0 N–H and O–H groups in total. The highest BCUT2D eigenvalue weighted by molar-refractivity contribution is 5.94. The van der Waals surface area contributed by atoms with Gasteiger partial charge in [0, 0.05) is 11.4 Å². The number of aryl methyl sites for hydroxylation is 1. The third-order valence-electron chi connectivity index (χ3n) is 2.74. The molecule has 0 unspecified atom stereocenters. The maximum Gasteiger partial charge on any atom is 0.339 e. The smallest absolute Gasteiger partial charge is 0.339 e.